The molecule has 0 bridgehead atoms. The van der Waals surface area contributed by atoms with Crippen LogP contribution in [0.4, 0.5) is 13.2 Å². The van der Waals surface area contributed by atoms with Crippen LogP contribution in [0.2, 0.25) is 0 Å². The molecule has 110 valence electrons. The highest BCUT2D eigenvalue weighted by Gasteiger charge is 2.34. The second-order valence-corrected chi connectivity index (χ2v) is 4.64. The van der Waals surface area contributed by atoms with E-state index in [0.717, 1.165) is 12.1 Å². The minimum absolute atomic E-state index is 0.0424. The lowest BCUT2D eigenvalue weighted by molar-refractivity contribution is -0.137. The van der Waals surface area contributed by atoms with Crippen molar-refractivity contribution in [1.29, 1.82) is 5.26 Å². The van der Waals surface area contributed by atoms with Crippen molar-refractivity contribution in [3.05, 3.63) is 41.6 Å². The van der Waals surface area contributed by atoms with Gasteiger partial charge in [-0.1, -0.05) is 6.07 Å². The van der Waals surface area contributed by atoms with E-state index in [-0.39, 0.29) is 6.04 Å². The summed E-state index contributed by atoms with van der Waals surface area (Å²) in [5.41, 5.74) is 4.89. The number of hydrogen-bond donors (Lipinski definition) is 1. The second kappa shape index (κ2) is 5.58. The van der Waals surface area contributed by atoms with Gasteiger partial charge in [0.05, 0.1) is 28.9 Å². The van der Waals surface area contributed by atoms with Crippen LogP contribution in [0, 0.1) is 11.3 Å². The molecule has 1 atom stereocenters. The highest BCUT2D eigenvalue weighted by atomic mass is 19.4. The first-order valence-corrected chi connectivity index (χ1v) is 6.23. The Morgan fingerprint density at radius 3 is 2.67 bits per heavy atom. The number of benzene rings is 1. The van der Waals surface area contributed by atoms with Gasteiger partial charge in [-0.2, -0.15) is 23.5 Å². The lowest BCUT2D eigenvalue weighted by Crippen LogP contribution is -2.16. The van der Waals surface area contributed by atoms with E-state index in [4.69, 9.17) is 11.0 Å². The van der Waals surface area contributed by atoms with Crippen molar-refractivity contribution >= 4 is 0 Å². The summed E-state index contributed by atoms with van der Waals surface area (Å²) in [7, 11) is 0. The predicted molar refractivity (Wildman–Crippen MR) is 71.1 cm³/mol. The molecular formula is C14H13F3N4. The number of aromatic nitrogens is 2. The smallest absolute Gasteiger partial charge is 0.328 e. The Hall–Kier alpha value is -2.33. The molecule has 4 nitrogen and oxygen atoms in total. The van der Waals surface area contributed by atoms with E-state index >= 15 is 0 Å². The molecule has 1 heterocycles. The molecule has 21 heavy (non-hydrogen) atoms. The summed E-state index contributed by atoms with van der Waals surface area (Å²) in [6, 6.07) is 6.68. The molecule has 1 aromatic carbocycles. The first-order valence-electron chi connectivity index (χ1n) is 6.23. The molecule has 0 aliphatic rings. The lowest BCUT2D eigenvalue weighted by atomic mass is 10.0. The Morgan fingerprint density at radius 1 is 1.38 bits per heavy atom. The Balaban J connectivity index is 2.46. The molecule has 0 radical (unpaired) electrons. The minimum Gasteiger partial charge on any atom is -0.328 e. The van der Waals surface area contributed by atoms with Crippen LogP contribution in [0.25, 0.3) is 11.3 Å². The third-order valence-electron chi connectivity index (χ3n) is 3.14. The zero-order chi connectivity index (χ0) is 15.6. The molecule has 0 aliphatic carbocycles. The van der Waals surface area contributed by atoms with Crippen molar-refractivity contribution < 1.29 is 13.2 Å². The van der Waals surface area contributed by atoms with Crippen LogP contribution in [-0.4, -0.2) is 16.3 Å². The fraction of sp³-hybridized carbons (Fsp3) is 0.286. The maximum absolute atomic E-state index is 12.9. The number of alkyl halides is 3. The van der Waals surface area contributed by atoms with Crippen molar-refractivity contribution in [3.8, 4) is 17.3 Å². The summed E-state index contributed by atoms with van der Waals surface area (Å²) >= 11 is 0. The van der Waals surface area contributed by atoms with E-state index in [0.29, 0.717) is 17.8 Å². The van der Waals surface area contributed by atoms with Gasteiger partial charge in [-0.25, -0.2) is 0 Å². The van der Waals surface area contributed by atoms with Gasteiger partial charge in [-0.15, -0.1) is 0 Å². The monoisotopic (exact) mass is 294 g/mol. The van der Waals surface area contributed by atoms with Crippen molar-refractivity contribution in [3.63, 3.8) is 0 Å². The summed E-state index contributed by atoms with van der Waals surface area (Å²) in [6.07, 6.45) is -2.91. The normalized spacial score (nSPS) is 13.0. The van der Waals surface area contributed by atoms with Gasteiger partial charge in [0.15, 0.2) is 0 Å². The first kappa shape index (κ1) is 15.1. The van der Waals surface area contributed by atoms with Gasteiger partial charge in [0.1, 0.15) is 0 Å². The highest BCUT2D eigenvalue weighted by Crippen LogP contribution is 2.34. The number of nitriles is 1. The van der Waals surface area contributed by atoms with E-state index in [2.05, 4.69) is 5.10 Å². The van der Waals surface area contributed by atoms with E-state index < -0.39 is 17.3 Å². The molecule has 0 amide bonds. The van der Waals surface area contributed by atoms with Gasteiger partial charge < -0.3 is 5.73 Å². The molecular weight excluding hydrogens is 281 g/mol. The van der Waals surface area contributed by atoms with Gasteiger partial charge in [0.2, 0.25) is 0 Å². The summed E-state index contributed by atoms with van der Waals surface area (Å²) in [5, 5.41) is 13.0. The summed E-state index contributed by atoms with van der Waals surface area (Å²) in [5.74, 6) is 0. The summed E-state index contributed by atoms with van der Waals surface area (Å²) < 4.78 is 40.4. The fourth-order valence-electron chi connectivity index (χ4n) is 1.88. The van der Waals surface area contributed by atoms with Crippen LogP contribution in [-0.2, 0) is 6.18 Å². The molecule has 0 fully saturated rings. The molecule has 0 aliphatic heterocycles. The summed E-state index contributed by atoms with van der Waals surface area (Å²) in [4.78, 5) is 0. The maximum atomic E-state index is 12.9. The Kier molecular flexibility index (Phi) is 4.00. The first-order chi connectivity index (χ1) is 9.86. The van der Waals surface area contributed by atoms with Crippen LogP contribution >= 0.6 is 0 Å². The number of hydrogen-bond acceptors (Lipinski definition) is 3. The molecule has 2 aromatic rings. The number of nitrogens with two attached hydrogens (primary N) is 1. The molecule has 7 heteroatoms. The second-order valence-electron chi connectivity index (χ2n) is 4.64. The zero-order valence-corrected chi connectivity index (χ0v) is 11.2. The number of halogens is 3. The fourth-order valence-corrected chi connectivity index (χ4v) is 1.88. The van der Waals surface area contributed by atoms with Gasteiger partial charge in [0.25, 0.3) is 0 Å². The van der Waals surface area contributed by atoms with E-state index in [1.165, 1.54) is 6.07 Å². The average Bonchev–Trinajstić information content (AvgIpc) is 2.94. The number of nitrogens with zero attached hydrogens (tertiary/aromatic N) is 3. The van der Waals surface area contributed by atoms with Crippen molar-refractivity contribution in [2.24, 2.45) is 5.73 Å². The van der Waals surface area contributed by atoms with E-state index in [1.54, 1.807) is 23.0 Å². The Labute approximate surface area is 119 Å². The standard InChI is InChI=1S/C14H13F3N4/c1-9(7-18)21-5-4-13(20-21)10-2-3-11(8-19)12(6-10)14(15,16)17/h2-6,9H,7,18H2,1H3/t9-/m0/s1. The molecule has 2 rings (SSSR count). The van der Waals surface area contributed by atoms with Gasteiger partial charge >= 0.3 is 6.18 Å². The Bertz CT molecular complexity index is 682. The van der Waals surface area contributed by atoms with Crippen molar-refractivity contribution in [1.82, 2.24) is 9.78 Å². The van der Waals surface area contributed by atoms with Crippen molar-refractivity contribution in [2.75, 3.05) is 6.54 Å². The summed E-state index contributed by atoms with van der Waals surface area (Å²) in [6.45, 7) is 2.24. The van der Waals surface area contributed by atoms with Crippen LogP contribution in [0.1, 0.15) is 24.1 Å². The number of rotatable bonds is 3. The van der Waals surface area contributed by atoms with Crippen LogP contribution in [0.15, 0.2) is 30.5 Å². The molecule has 0 saturated carbocycles. The lowest BCUT2D eigenvalue weighted by Gasteiger charge is -2.10. The van der Waals surface area contributed by atoms with Crippen LogP contribution in [0.5, 0.6) is 0 Å². The average molecular weight is 294 g/mol. The molecule has 0 saturated heterocycles. The van der Waals surface area contributed by atoms with Crippen LogP contribution in [0.3, 0.4) is 0 Å². The zero-order valence-electron chi connectivity index (χ0n) is 11.2. The van der Waals surface area contributed by atoms with Crippen LogP contribution < -0.4 is 5.73 Å². The largest absolute Gasteiger partial charge is 0.417 e. The van der Waals surface area contributed by atoms with Gasteiger partial charge in [-0.3, -0.25) is 4.68 Å². The van der Waals surface area contributed by atoms with E-state index in [1.807, 2.05) is 6.92 Å². The topological polar surface area (TPSA) is 67.6 Å². The van der Waals surface area contributed by atoms with E-state index in [9.17, 15) is 13.2 Å². The third-order valence-corrected chi connectivity index (χ3v) is 3.14. The van der Waals surface area contributed by atoms with Gasteiger partial charge in [0, 0.05) is 18.3 Å². The quantitative estimate of drug-likeness (QED) is 0.946. The molecule has 0 unspecified atom stereocenters. The molecule has 1 aromatic heterocycles. The SMILES string of the molecule is C[C@@H](CN)n1ccc(-c2ccc(C#N)c(C(F)(F)F)c2)n1. The van der Waals surface area contributed by atoms with Crippen molar-refractivity contribution in [2.45, 2.75) is 19.1 Å². The third kappa shape index (κ3) is 3.06. The Morgan fingerprint density at radius 2 is 2.10 bits per heavy atom. The predicted octanol–water partition coefficient (Wildman–Crippen LogP) is 2.96. The maximum Gasteiger partial charge on any atom is 0.417 e. The molecule has 0 spiro atoms. The highest BCUT2D eigenvalue weighted by molar-refractivity contribution is 5.62. The molecule has 2 N–H and O–H groups in total. The van der Waals surface area contributed by atoms with Gasteiger partial charge in [-0.05, 0) is 25.1 Å². The minimum atomic E-state index is -4.58.